The number of carbonyl (C=O) groups is 2. The highest BCUT2D eigenvalue weighted by Crippen LogP contribution is 2.27. The Bertz CT molecular complexity index is 611. The van der Waals surface area contributed by atoms with Gasteiger partial charge in [-0.25, -0.2) is 0 Å². The van der Waals surface area contributed by atoms with Crippen LogP contribution in [0.5, 0.6) is 11.5 Å². The van der Waals surface area contributed by atoms with Gasteiger partial charge in [0, 0.05) is 5.56 Å². The van der Waals surface area contributed by atoms with Crippen LogP contribution in [0.15, 0.2) is 18.2 Å². The van der Waals surface area contributed by atoms with Crippen molar-refractivity contribution in [2.45, 2.75) is 26.1 Å². The van der Waals surface area contributed by atoms with Gasteiger partial charge in [-0.1, -0.05) is 25.6 Å². The summed E-state index contributed by atoms with van der Waals surface area (Å²) in [6.45, 7) is 7.04. The lowest BCUT2D eigenvalue weighted by Gasteiger charge is -2.10. The van der Waals surface area contributed by atoms with E-state index in [9.17, 15) is 9.59 Å². The zero-order valence-electron chi connectivity index (χ0n) is 14.1. The number of rotatable bonds is 7. The average Bonchev–Trinajstić information content (AvgIpc) is 2.51. The predicted molar refractivity (Wildman–Crippen MR) is 92.6 cm³/mol. The molecule has 0 fully saturated rings. The molecule has 0 spiro atoms. The maximum absolute atomic E-state index is 11.7. The summed E-state index contributed by atoms with van der Waals surface area (Å²) >= 11 is 0. The number of methoxy groups -OCH3 is 1. The summed E-state index contributed by atoms with van der Waals surface area (Å²) in [6, 6.07) is 4.88. The molecule has 23 heavy (non-hydrogen) atoms. The van der Waals surface area contributed by atoms with Gasteiger partial charge in [-0.05, 0) is 18.2 Å². The summed E-state index contributed by atoms with van der Waals surface area (Å²) in [5, 5.41) is 2.74. The molecule has 124 valence electrons. The van der Waals surface area contributed by atoms with E-state index in [1.54, 1.807) is 18.2 Å². The van der Waals surface area contributed by atoms with E-state index < -0.39 is 8.07 Å². The molecule has 6 heteroatoms. The van der Waals surface area contributed by atoms with Crippen molar-refractivity contribution in [3.63, 3.8) is 0 Å². The standard InChI is InChI=1S/C17H23NO4Si/c1-21-16-12-14(13-19)6-7-15(16)22-10-8-17(20)18-9-5-11-23(2,3)4/h6-7,12-13H,8-10H2,1-4H3,(H,18,20). The van der Waals surface area contributed by atoms with Gasteiger partial charge in [-0.2, -0.15) is 0 Å². The summed E-state index contributed by atoms with van der Waals surface area (Å²) in [5.74, 6) is 3.84. The molecule has 1 N–H and O–H groups in total. The van der Waals surface area contributed by atoms with Gasteiger partial charge in [0.2, 0.25) is 5.91 Å². The Kier molecular flexibility index (Phi) is 7.36. The Balaban J connectivity index is 2.40. The topological polar surface area (TPSA) is 64.6 Å². The van der Waals surface area contributed by atoms with Gasteiger partial charge in [-0.15, -0.1) is 5.54 Å². The molecule has 0 radical (unpaired) electrons. The highest BCUT2D eigenvalue weighted by Gasteiger charge is 2.08. The van der Waals surface area contributed by atoms with E-state index in [0.717, 1.165) is 6.29 Å². The van der Waals surface area contributed by atoms with Crippen LogP contribution in [0.1, 0.15) is 16.8 Å². The zero-order chi connectivity index (χ0) is 17.3. The fourth-order valence-corrected chi connectivity index (χ4v) is 2.29. The van der Waals surface area contributed by atoms with Crippen molar-refractivity contribution in [1.82, 2.24) is 5.32 Å². The molecular formula is C17H23NO4Si. The monoisotopic (exact) mass is 333 g/mol. The number of nitrogens with one attached hydrogen (secondary N) is 1. The maximum Gasteiger partial charge on any atom is 0.224 e. The maximum atomic E-state index is 11.7. The van der Waals surface area contributed by atoms with Crippen LogP contribution >= 0.6 is 0 Å². The molecule has 0 aliphatic carbocycles. The third-order valence-corrected chi connectivity index (χ3v) is 3.67. The van der Waals surface area contributed by atoms with E-state index in [2.05, 4.69) is 36.4 Å². The lowest BCUT2D eigenvalue weighted by molar-refractivity contribution is -0.121. The van der Waals surface area contributed by atoms with E-state index in [0.29, 0.717) is 23.6 Å². The van der Waals surface area contributed by atoms with Crippen molar-refractivity contribution in [2.24, 2.45) is 0 Å². The van der Waals surface area contributed by atoms with Crippen LogP contribution in [-0.4, -0.2) is 40.5 Å². The fourth-order valence-electron chi connectivity index (χ4n) is 1.67. The summed E-state index contributed by atoms with van der Waals surface area (Å²) < 4.78 is 10.7. The summed E-state index contributed by atoms with van der Waals surface area (Å²) in [7, 11) is 0.108. The second kappa shape index (κ2) is 9.01. The minimum atomic E-state index is -1.39. The third kappa shape index (κ3) is 7.52. The Morgan fingerprint density at radius 2 is 2.04 bits per heavy atom. The van der Waals surface area contributed by atoms with Gasteiger partial charge in [0.1, 0.15) is 14.4 Å². The lowest BCUT2D eigenvalue weighted by atomic mass is 10.2. The number of hydrogen-bond donors (Lipinski definition) is 1. The summed E-state index contributed by atoms with van der Waals surface area (Å²) in [5.41, 5.74) is 3.69. The molecule has 0 aliphatic rings. The zero-order valence-corrected chi connectivity index (χ0v) is 15.1. The smallest absolute Gasteiger partial charge is 0.224 e. The molecule has 1 aromatic rings. The number of hydrogen-bond acceptors (Lipinski definition) is 4. The predicted octanol–water partition coefficient (Wildman–Crippen LogP) is 2.27. The Hall–Kier alpha value is -2.26. The molecule has 0 heterocycles. The first-order valence-electron chi connectivity index (χ1n) is 7.38. The van der Waals surface area contributed by atoms with Crippen LogP contribution in [0.3, 0.4) is 0 Å². The summed E-state index contributed by atoms with van der Waals surface area (Å²) in [4.78, 5) is 22.4. The fraction of sp³-hybridized carbons (Fsp3) is 0.412. The van der Waals surface area contributed by atoms with Crippen molar-refractivity contribution in [3.05, 3.63) is 23.8 Å². The largest absolute Gasteiger partial charge is 0.493 e. The lowest BCUT2D eigenvalue weighted by Crippen LogP contribution is -2.26. The Labute approximate surface area is 138 Å². The van der Waals surface area contributed by atoms with Crippen molar-refractivity contribution < 1.29 is 19.1 Å². The molecule has 0 bridgehead atoms. The number of amides is 1. The second-order valence-electron chi connectivity index (χ2n) is 5.96. The highest BCUT2D eigenvalue weighted by molar-refractivity contribution is 6.83. The first-order chi connectivity index (χ1) is 10.9. The first-order valence-corrected chi connectivity index (χ1v) is 10.9. The van der Waals surface area contributed by atoms with Gasteiger partial charge in [0.05, 0.1) is 26.7 Å². The molecule has 5 nitrogen and oxygen atoms in total. The van der Waals surface area contributed by atoms with Crippen LogP contribution in [0, 0.1) is 11.5 Å². The molecule has 1 amide bonds. The molecule has 0 aromatic heterocycles. The minimum absolute atomic E-state index is 0.113. The van der Waals surface area contributed by atoms with Gasteiger partial charge in [0.25, 0.3) is 0 Å². The third-order valence-electron chi connectivity index (χ3n) is 2.75. The molecule has 0 atom stereocenters. The van der Waals surface area contributed by atoms with E-state index in [1.807, 2.05) is 0 Å². The normalized spacial score (nSPS) is 10.3. The molecule has 1 aromatic carbocycles. The van der Waals surface area contributed by atoms with Crippen molar-refractivity contribution in [1.29, 1.82) is 0 Å². The van der Waals surface area contributed by atoms with Crippen LogP contribution in [0.4, 0.5) is 0 Å². The van der Waals surface area contributed by atoms with Crippen molar-refractivity contribution >= 4 is 20.3 Å². The second-order valence-corrected chi connectivity index (χ2v) is 10.7. The SMILES string of the molecule is COc1cc(C=O)ccc1OCCC(=O)NCC#C[Si](C)(C)C. The first kappa shape index (κ1) is 18.8. The molecule has 0 aliphatic heterocycles. The summed E-state index contributed by atoms with van der Waals surface area (Å²) in [6.07, 6.45) is 0.967. The minimum Gasteiger partial charge on any atom is -0.493 e. The van der Waals surface area contributed by atoms with E-state index in [-0.39, 0.29) is 18.9 Å². The molecule has 0 unspecified atom stereocenters. The number of ether oxygens (including phenoxy) is 2. The van der Waals surface area contributed by atoms with Gasteiger partial charge >= 0.3 is 0 Å². The van der Waals surface area contributed by atoms with Crippen LogP contribution < -0.4 is 14.8 Å². The average molecular weight is 333 g/mol. The van der Waals surface area contributed by atoms with Crippen molar-refractivity contribution in [2.75, 3.05) is 20.3 Å². The van der Waals surface area contributed by atoms with E-state index in [4.69, 9.17) is 9.47 Å². The molecule has 0 saturated carbocycles. The number of aldehydes is 1. The number of benzene rings is 1. The Morgan fingerprint density at radius 1 is 1.30 bits per heavy atom. The van der Waals surface area contributed by atoms with Gasteiger partial charge in [0.15, 0.2) is 11.5 Å². The Morgan fingerprint density at radius 3 is 2.65 bits per heavy atom. The van der Waals surface area contributed by atoms with E-state index >= 15 is 0 Å². The molecule has 0 saturated heterocycles. The van der Waals surface area contributed by atoms with Crippen LogP contribution in [-0.2, 0) is 4.79 Å². The highest BCUT2D eigenvalue weighted by atomic mass is 28.3. The van der Waals surface area contributed by atoms with Crippen LogP contribution in [0.25, 0.3) is 0 Å². The van der Waals surface area contributed by atoms with Crippen LogP contribution in [0.2, 0.25) is 19.6 Å². The quantitative estimate of drug-likeness (QED) is 0.472. The van der Waals surface area contributed by atoms with E-state index in [1.165, 1.54) is 7.11 Å². The van der Waals surface area contributed by atoms with Gasteiger partial charge < -0.3 is 14.8 Å². The molecular weight excluding hydrogens is 310 g/mol. The molecule has 1 rings (SSSR count). The van der Waals surface area contributed by atoms with Gasteiger partial charge in [-0.3, -0.25) is 9.59 Å². The number of carbonyl (C=O) groups excluding carboxylic acids is 2. The van der Waals surface area contributed by atoms with Crippen molar-refractivity contribution in [3.8, 4) is 23.0 Å².